The summed E-state index contributed by atoms with van der Waals surface area (Å²) in [5, 5.41) is 0. The molecular weight excluding hydrogens is 326 g/mol. The minimum absolute atomic E-state index is 0.0129. The number of amides is 1. The van der Waals surface area contributed by atoms with Gasteiger partial charge in [0.1, 0.15) is 11.6 Å². The molecule has 1 fully saturated rings. The van der Waals surface area contributed by atoms with Crippen LogP contribution in [0.3, 0.4) is 0 Å². The van der Waals surface area contributed by atoms with E-state index in [1.165, 1.54) is 5.56 Å². The fourth-order valence-corrected chi connectivity index (χ4v) is 3.46. The van der Waals surface area contributed by atoms with Gasteiger partial charge in [-0.2, -0.15) is 0 Å². The number of benzene rings is 1. The second kappa shape index (κ2) is 8.21. The number of piperidine rings is 1. The highest BCUT2D eigenvalue weighted by atomic mass is 16.5. The SMILES string of the molecule is COc1cccc(CC2CCN(c3ccc(C(=O)N(C)C)cn3)CC2)c1. The topological polar surface area (TPSA) is 45.7 Å². The van der Waals surface area contributed by atoms with Crippen molar-refractivity contribution in [1.29, 1.82) is 0 Å². The molecule has 0 N–H and O–H groups in total. The van der Waals surface area contributed by atoms with Crippen molar-refractivity contribution in [2.24, 2.45) is 5.92 Å². The molecule has 0 atom stereocenters. The van der Waals surface area contributed by atoms with E-state index in [1.807, 2.05) is 18.2 Å². The van der Waals surface area contributed by atoms with E-state index in [0.717, 1.165) is 43.9 Å². The average molecular weight is 353 g/mol. The summed E-state index contributed by atoms with van der Waals surface area (Å²) < 4.78 is 5.32. The fourth-order valence-electron chi connectivity index (χ4n) is 3.46. The number of rotatable bonds is 5. The second-order valence-corrected chi connectivity index (χ2v) is 7.09. The van der Waals surface area contributed by atoms with Crippen LogP contribution in [0.25, 0.3) is 0 Å². The van der Waals surface area contributed by atoms with E-state index in [0.29, 0.717) is 11.5 Å². The van der Waals surface area contributed by atoms with Crippen LogP contribution in [0.5, 0.6) is 5.75 Å². The van der Waals surface area contributed by atoms with Crippen LogP contribution in [0.1, 0.15) is 28.8 Å². The molecule has 26 heavy (non-hydrogen) atoms. The quantitative estimate of drug-likeness (QED) is 0.828. The lowest BCUT2D eigenvalue weighted by Gasteiger charge is -2.33. The van der Waals surface area contributed by atoms with Gasteiger partial charge in [-0.3, -0.25) is 4.79 Å². The van der Waals surface area contributed by atoms with Crippen molar-refractivity contribution in [3.63, 3.8) is 0 Å². The number of hydrogen-bond donors (Lipinski definition) is 0. The number of carbonyl (C=O) groups is 1. The Hall–Kier alpha value is -2.56. The maximum absolute atomic E-state index is 12.0. The molecule has 0 radical (unpaired) electrons. The van der Waals surface area contributed by atoms with Crippen LogP contribution >= 0.6 is 0 Å². The summed E-state index contributed by atoms with van der Waals surface area (Å²) in [6, 6.07) is 12.2. The van der Waals surface area contributed by atoms with Gasteiger partial charge in [0.15, 0.2) is 0 Å². The van der Waals surface area contributed by atoms with Gasteiger partial charge in [-0.15, -0.1) is 0 Å². The maximum atomic E-state index is 12.0. The third kappa shape index (κ3) is 4.34. The standard InChI is InChI=1S/C21H27N3O2/c1-23(2)21(25)18-7-8-20(22-15-18)24-11-9-16(10-12-24)13-17-5-4-6-19(14-17)26-3/h4-8,14-16H,9-13H2,1-3H3. The Morgan fingerprint density at radius 3 is 2.62 bits per heavy atom. The number of methoxy groups -OCH3 is 1. The molecule has 1 aliphatic rings. The number of aromatic nitrogens is 1. The zero-order valence-corrected chi connectivity index (χ0v) is 15.8. The maximum Gasteiger partial charge on any atom is 0.254 e. The second-order valence-electron chi connectivity index (χ2n) is 7.09. The Kier molecular flexibility index (Phi) is 5.76. The highest BCUT2D eigenvalue weighted by molar-refractivity contribution is 5.93. The molecule has 5 nitrogen and oxygen atoms in total. The first-order valence-electron chi connectivity index (χ1n) is 9.12. The molecule has 138 valence electrons. The third-order valence-electron chi connectivity index (χ3n) is 5.00. The zero-order chi connectivity index (χ0) is 18.5. The molecule has 1 amide bonds. The van der Waals surface area contributed by atoms with E-state index < -0.39 is 0 Å². The summed E-state index contributed by atoms with van der Waals surface area (Å²) in [6.07, 6.45) is 5.07. The van der Waals surface area contributed by atoms with Crippen molar-refractivity contribution >= 4 is 11.7 Å². The van der Waals surface area contributed by atoms with E-state index in [4.69, 9.17) is 4.74 Å². The first-order valence-corrected chi connectivity index (χ1v) is 9.12. The average Bonchev–Trinajstić information content (AvgIpc) is 2.68. The number of nitrogens with zero attached hydrogens (tertiary/aromatic N) is 3. The summed E-state index contributed by atoms with van der Waals surface area (Å²) in [6.45, 7) is 2.01. The summed E-state index contributed by atoms with van der Waals surface area (Å²) in [7, 11) is 5.22. The van der Waals surface area contributed by atoms with Crippen LogP contribution in [0.2, 0.25) is 0 Å². The molecule has 1 aliphatic heterocycles. The van der Waals surface area contributed by atoms with E-state index in [9.17, 15) is 4.79 Å². The lowest BCUT2D eigenvalue weighted by atomic mass is 9.90. The molecule has 0 spiro atoms. The van der Waals surface area contributed by atoms with Crippen LogP contribution in [0.4, 0.5) is 5.82 Å². The number of carbonyl (C=O) groups excluding carboxylic acids is 1. The minimum Gasteiger partial charge on any atom is -0.497 e. The van der Waals surface area contributed by atoms with Crippen molar-refractivity contribution in [3.8, 4) is 5.75 Å². The number of anilines is 1. The summed E-state index contributed by atoms with van der Waals surface area (Å²) in [5.74, 6) is 2.56. The molecule has 2 heterocycles. The highest BCUT2D eigenvalue weighted by Gasteiger charge is 2.21. The van der Waals surface area contributed by atoms with Crippen LogP contribution in [0.15, 0.2) is 42.6 Å². The molecule has 0 aliphatic carbocycles. The van der Waals surface area contributed by atoms with Gasteiger partial charge >= 0.3 is 0 Å². The molecule has 5 heteroatoms. The van der Waals surface area contributed by atoms with Crippen LogP contribution in [0, 0.1) is 5.92 Å². The number of hydrogen-bond acceptors (Lipinski definition) is 4. The monoisotopic (exact) mass is 353 g/mol. The van der Waals surface area contributed by atoms with Crippen LogP contribution < -0.4 is 9.64 Å². The Morgan fingerprint density at radius 2 is 2.00 bits per heavy atom. The predicted molar refractivity (Wildman–Crippen MR) is 104 cm³/mol. The van der Waals surface area contributed by atoms with Gasteiger partial charge in [-0.1, -0.05) is 12.1 Å². The zero-order valence-electron chi connectivity index (χ0n) is 15.8. The predicted octanol–water partition coefficient (Wildman–Crippen LogP) is 3.25. The van der Waals surface area contributed by atoms with Crippen molar-refractivity contribution in [1.82, 2.24) is 9.88 Å². The summed E-state index contributed by atoms with van der Waals surface area (Å²) in [4.78, 5) is 20.3. The van der Waals surface area contributed by atoms with Crippen LogP contribution in [-0.4, -0.2) is 50.1 Å². The first-order chi connectivity index (χ1) is 12.6. The smallest absolute Gasteiger partial charge is 0.254 e. The lowest BCUT2D eigenvalue weighted by Crippen LogP contribution is -2.35. The fraction of sp³-hybridized carbons (Fsp3) is 0.429. The Labute approximate surface area is 155 Å². The molecule has 0 unspecified atom stereocenters. The van der Waals surface area contributed by atoms with Gasteiger partial charge in [-0.05, 0) is 55.0 Å². The summed E-state index contributed by atoms with van der Waals surface area (Å²) in [5.41, 5.74) is 1.97. The minimum atomic E-state index is -0.0129. The molecular formula is C21H27N3O2. The largest absolute Gasteiger partial charge is 0.497 e. The lowest BCUT2D eigenvalue weighted by molar-refractivity contribution is 0.0827. The van der Waals surface area contributed by atoms with Crippen molar-refractivity contribution in [2.75, 3.05) is 39.2 Å². The highest BCUT2D eigenvalue weighted by Crippen LogP contribution is 2.26. The van der Waals surface area contributed by atoms with Gasteiger partial charge in [-0.25, -0.2) is 4.98 Å². The van der Waals surface area contributed by atoms with Crippen molar-refractivity contribution in [2.45, 2.75) is 19.3 Å². The molecule has 1 aromatic heterocycles. The van der Waals surface area contributed by atoms with Gasteiger partial charge in [0.25, 0.3) is 5.91 Å². The third-order valence-corrected chi connectivity index (χ3v) is 5.00. The molecule has 0 bridgehead atoms. The number of ether oxygens (including phenoxy) is 1. The van der Waals surface area contributed by atoms with Crippen LogP contribution in [-0.2, 0) is 6.42 Å². The van der Waals surface area contributed by atoms with Crippen molar-refractivity contribution < 1.29 is 9.53 Å². The first kappa shape index (κ1) is 18.2. The Morgan fingerprint density at radius 1 is 1.23 bits per heavy atom. The number of pyridine rings is 1. The summed E-state index contributed by atoms with van der Waals surface area (Å²) >= 11 is 0. The Bertz CT molecular complexity index is 735. The van der Waals surface area contributed by atoms with E-state index in [2.05, 4.69) is 28.1 Å². The van der Waals surface area contributed by atoms with Gasteiger partial charge in [0, 0.05) is 33.4 Å². The van der Waals surface area contributed by atoms with E-state index >= 15 is 0 Å². The van der Waals surface area contributed by atoms with E-state index in [-0.39, 0.29) is 5.91 Å². The van der Waals surface area contributed by atoms with Gasteiger partial charge in [0.2, 0.25) is 0 Å². The molecule has 3 rings (SSSR count). The molecule has 2 aromatic rings. The van der Waals surface area contributed by atoms with E-state index in [1.54, 1.807) is 32.3 Å². The normalized spacial score (nSPS) is 15.0. The molecule has 0 saturated carbocycles. The Balaban J connectivity index is 1.55. The molecule has 1 aromatic carbocycles. The van der Waals surface area contributed by atoms with Gasteiger partial charge < -0.3 is 14.5 Å². The van der Waals surface area contributed by atoms with Crippen molar-refractivity contribution in [3.05, 3.63) is 53.7 Å². The molecule has 1 saturated heterocycles. The van der Waals surface area contributed by atoms with Gasteiger partial charge in [0.05, 0.1) is 12.7 Å².